The van der Waals surface area contributed by atoms with E-state index in [1.165, 1.54) is 10.9 Å². The molecule has 0 aliphatic rings. The van der Waals surface area contributed by atoms with Crippen LogP contribution in [0.4, 0.5) is 0 Å². The summed E-state index contributed by atoms with van der Waals surface area (Å²) in [6, 6.07) is 12.5. The maximum absolute atomic E-state index is 4.47. The highest BCUT2D eigenvalue weighted by atomic mass is 15.3. The van der Waals surface area contributed by atoms with Crippen molar-refractivity contribution in [1.82, 2.24) is 14.8 Å². The molecule has 19 heavy (non-hydrogen) atoms. The molecular formula is C16H17N3. The van der Waals surface area contributed by atoms with Crippen molar-refractivity contribution in [1.29, 1.82) is 0 Å². The Morgan fingerprint density at radius 3 is 2.79 bits per heavy atom. The van der Waals surface area contributed by atoms with Crippen molar-refractivity contribution < 1.29 is 0 Å². The van der Waals surface area contributed by atoms with Gasteiger partial charge in [-0.2, -0.15) is 5.10 Å². The van der Waals surface area contributed by atoms with E-state index in [-0.39, 0.29) is 0 Å². The predicted octanol–water partition coefficient (Wildman–Crippen LogP) is 3.60. The van der Waals surface area contributed by atoms with Gasteiger partial charge >= 0.3 is 0 Å². The molecule has 0 aliphatic heterocycles. The number of benzene rings is 1. The number of pyridine rings is 1. The molecule has 0 N–H and O–H groups in total. The molecule has 0 saturated heterocycles. The largest absolute Gasteiger partial charge is 0.259 e. The lowest BCUT2D eigenvalue weighted by molar-refractivity contribution is 0.696. The van der Waals surface area contributed by atoms with E-state index in [0.717, 1.165) is 11.2 Å². The molecule has 3 aromatic rings. The van der Waals surface area contributed by atoms with Crippen LogP contribution < -0.4 is 0 Å². The topological polar surface area (TPSA) is 30.7 Å². The number of fused-ring (bicyclic) bond motifs is 1. The minimum Gasteiger partial charge on any atom is -0.259 e. The van der Waals surface area contributed by atoms with Gasteiger partial charge in [0, 0.05) is 11.6 Å². The Morgan fingerprint density at radius 2 is 2.05 bits per heavy atom. The van der Waals surface area contributed by atoms with E-state index in [9.17, 15) is 0 Å². The van der Waals surface area contributed by atoms with Crippen molar-refractivity contribution >= 4 is 10.9 Å². The van der Waals surface area contributed by atoms with E-state index in [0.29, 0.717) is 12.5 Å². The van der Waals surface area contributed by atoms with Gasteiger partial charge in [-0.3, -0.25) is 9.67 Å². The molecule has 0 amide bonds. The van der Waals surface area contributed by atoms with Crippen LogP contribution in [0.2, 0.25) is 0 Å². The molecule has 96 valence electrons. The molecule has 0 spiro atoms. The third kappa shape index (κ3) is 2.36. The molecule has 0 aliphatic carbocycles. The number of rotatable bonds is 3. The third-order valence-electron chi connectivity index (χ3n) is 3.37. The summed E-state index contributed by atoms with van der Waals surface area (Å²) in [5.41, 5.74) is 3.54. The van der Waals surface area contributed by atoms with E-state index < -0.39 is 0 Å². The van der Waals surface area contributed by atoms with Gasteiger partial charge in [0.1, 0.15) is 0 Å². The molecule has 3 nitrogen and oxygen atoms in total. The Hall–Kier alpha value is -2.16. The molecule has 0 fully saturated rings. The average Bonchev–Trinajstić information content (AvgIpc) is 2.82. The van der Waals surface area contributed by atoms with E-state index >= 15 is 0 Å². The van der Waals surface area contributed by atoms with Gasteiger partial charge in [-0.1, -0.05) is 26.0 Å². The van der Waals surface area contributed by atoms with Crippen molar-refractivity contribution in [3.05, 3.63) is 60.0 Å². The fourth-order valence-corrected chi connectivity index (χ4v) is 2.24. The molecule has 1 aromatic carbocycles. The van der Waals surface area contributed by atoms with Crippen LogP contribution in [0.1, 0.15) is 31.0 Å². The zero-order valence-corrected chi connectivity index (χ0v) is 11.2. The van der Waals surface area contributed by atoms with Gasteiger partial charge in [-0.25, -0.2) is 0 Å². The highest BCUT2D eigenvalue weighted by Crippen LogP contribution is 2.21. The van der Waals surface area contributed by atoms with Crippen LogP contribution in [0.15, 0.2) is 48.8 Å². The van der Waals surface area contributed by atoms with E-state index in [1.807, 2.05) is 35.3 Å². The highest BCUT2D eigenvalue weighted by Gasteiger charge is 2.06. The quantitative estimate of drug-likeness (QED) is 0.712. The molecule has 2 aromatic heterocycles. The summed E-state index contributed by atoms with van der Waals surface area (Å²) in [5.74, 6) is 0.545. The van der Waals surface area contributed by atoms with Gasteiger partial charge in [-0.05, 0) is 35.7 Å². The van der Waals surface area contributed by atoms with Crippen LogP contribution in [0.25, 0.3) is 10.9 Å². The van der Waals surface area contributed by atoms with E-state index in [4.69, 9.17) is 0 Å². The first kappa shape index (κ1) is 11.9. The predicted molar refractivity (Wildman–Crippen MR) is 77.2 cm³/mol. The Balaban J connectivity index is 1.97. The number of nitrogens with zero attached hydrogens (tertiary/aromatic N) is 3. The van der Waals surface area contributed by atoms with Crippen molar-refractivity contribution in [3.63, 3.8) is 0 Å². The van der Waals surface area contributed by atoms with Gasteiger partial charge in [0.2, 0.25) is 0 Å². The van der Waals surface area contributed by atoms with Crippen LogP contribution in [-0.2, 0) is 6.54 Å². The van der Waals surface area contributed by atoms with Crippen LogP contribution in [0.3, 0.4) is 0 Å². The second-order valence-electron chi connectivity index (χ2n) is 5.10. The standard InChI is InChI=1S/C16H17N3/c1-12(2)13-6-7-16-14(9-13)10-18-19(16)11-15-5-3-4-8-17-15/h3-10,12H,11H2,1-2H3. The van der Waals surface area contributed by atoms with Crippen LogP contribution in [-0.4, -0.2) is 14.8 Å². The molecule has 0 unspecified atom stereocenters. The molecule has 3 heteroatoms. The molecule has 0 saturated carbocycles. The highest BCUT2D eigenvalue weighted by molar-refractivity contribution is 5.79. The van der Waals surface area contributed by atoms with Crippen LogP contribution in [0.5, 0.6) is 0 Å². The van der Waals surface area contributed by atoms with Crippen LogP contribution in [0, 0.1) is 0 Å². The first-order valence-electron chi connectivity index (χ1n) is 6.59. The Morgan fingerprint density at radius 1 is 1.16 bits per heavy atom. The maximum atomic E-state index is 4.47. The monoisotopic (exact) mass is 251 g/mol. The Bertz CT molecular complexity index is 684. The van der Waals surface area contributed by atoms with Gasteiger partial charge in [0.15, 0.2) is 0 Å². The second kappa shape index (κ2) is 4.84. The smallest absolute Gasteiger partial charge is 0.0838 e. The van der Waals surface area contributed by atoms with Gasteiger partial charge in [-0.15, -0.1) is 0 Å². The minimum atomic E-state index is 0.545. The summed E-state index contributed by atoms with van der Waals surface area (Å²) >= 11 is 0. The van der Waals surface area contributed by atoms with Gasteiger partial charge in [0.25, 0.3) is 0 Å². The summed E-state index contributed by atoms with van der Waals surface area (Å²) in [4.78, 5) is 4.35. The molecule has 3 rings (SSSR count). The lowest BCUT2D eigenvalue weighted by atomic mass is 10.0. The number of hydrogen-bond donors (Lipinski definition) is 0. The first-order chi connectivity index (χ1) is 9.24. The normalized spacial score (nSPS) is 11.3. The Kier molecular flexibility index (Phi) is 3.03. The van der Waals surface area contributed by atoms with Crippen molar-refractivity contribution in [3.8, 4) is 0 Å². The second-order valence-corrected chi connectivity index (χ2v) is 5.10. The Labute approximate surface area is 112 Å². The third-order valence-corrected chi connectivity index (χ3v) is 3.37. The SMILES string of the molecule is CC(C)c1ccc2c(cnn2Cc2ccccn2)c1. The van der Waals surface area contributed by atoms with Crippen LogP contribution >= 0.6 is 0 Å². The molecule has 0 atom stereocenters. The minimum absolute atomic E-state index is 0.545. The summed E-state index contributed by atoms with van der Waals surface area (Å²) in [7, 11) is 0. The van der Waals surface area contributed by atoms with Gasteiger partial charge < -0.3 is 0 Å². The summed E-state index contributed by atoms with van der Waals surface area (Å²) in [5, 5.41) is 5.66. The molecule has 0 bridgehead atoms. The number of hydrogen-bond acceptors (Lipinski definition) is 2. The maximum Gasteiger partial charge on any atom is 0.0838 e. The summed E-state index contributed by atoms with van der Waals surface area (Å²) in [6.07, 6.45) is 3.75. The zero-order valence-electron chi connectivity index (χ0n) is 11.2. The van der Waals surface area contributed by atoms with Crippen molar-refractivity contribution in [2.24, 2.45) is 0 Å². The van der Waals surface area contributed by atoms with E-state index in [1.54, 1.807) is 0 Å². The fourth-order valence-electron chi connectivity index (χ4n) is 2.24. The average molecular weight is 251 g/mol. The lowest BCUT2D eigenvalue weighted by Crippen LogP contribution is -2.02. The number of aromatic nitrogens is 3. The molecule has 2 heterocycles. The fraction of sp³-hybridized carbons (Fsp3) is 0.250. The zero-order chi connectivity index (χ0) is 13.2. The lowest BCUT2D eigenvalue weighted by Gasteiger charge is -2.06. The van der Waals surface area contributed by atoms with Gasteiger partial charge in [0.05, 0.1) is 24.0 Å². The first-order valence-corrected chi connectivity index (χ1v) is 6.59. The summed E-state index contributed by atoms with van der Waals surface area (Å²) in [6.45, 7) is 5.13. The van der Waals surface area contributed by atoms with Crippen molar-refractivity contribution in [2.75, 3.05) is 0 Å². The summed E-state index contributed by atoms with van der Waals surface area (Å²) < 4.78 is 2.00. The molecule has 0 radical (unpaired) electrons. The van der Waals surface area contributed by atoms with Crippen molar-refractivity contribution in [2.45, 2.75) is 26.3 Å². The molecular weight excluding hydrogens is 234 g/mol. The van der Waals surface area contributed by atoms with E-state index in [2.05, 4.69) is 42.1 Å².